The Labute approximate surface area is 117 Å². The third kappa shape index (κ3) is 3.61. The lowest BCUT2D eigenvalue weighted by molar-refractivity contribution is 0.102. The molecule has 0 radical (unpaired) electrons. The zero-order chi connectivity index (χ0) is 14.4. The van der Waals surface area contributed by atoms with Gasteiger partial charge < -0.3 is 10.6 Å². The van der Waals surface area contributed by atoms with Crippen molar-refractivity contribution < 1.29 is 9.18 Å². The Morgan fingerprint density at radius 1 is 1.25 bits per heavy atom. The topological polar surface area (TPSA) is 54.0 Å². The molecule has 0 aliphatic carbocycles. The Kier molecular flexibility index (Phi) is 4.79. The molecule has 1 amide bonds. The van der Waals surface area contributed by atoms with E-state index in [0.717, 1.165) is 18.5 Å². The lowest BCUT2D eigenvalue weighted by atomic mass is 10.0. The number of rotatable bonds is 5. The molecule has 1 heterocycles. The number of benzene rings is 1. The van der Waals surface area contributed by atoms with Crippen LogP contribution < -0.4 is 10.6 Å². The maximum atomic E-state index is 12.7. The van der Waals surface area contributed by atoms with E-state index in [9.17, 15) is 9.18 Å². The highest BCUT2D eigenvalue weighted by Gasteiger charge is 2.10. The van der Waals surface area contributed by atoms with Crippen LogP contribution in [-0.4, -0.2) is 24.5 Å². The van der Waals surface area contributed by atoms with Crippen molar-refractivity contribution in [1.29, 1.82) is 0 Å². The van der Waals surface area contributed by atoms with Gasteiger partial charge in [-0.15, -0.1) is 0 Å². The molecule has 4 nitrogen and oxygen atoms in total. The van der Waals surface area contributed by atoms with Crippen LogP contribution in [0.15, 0.2) is 42.6 Å². The zero-order valence-electron chi connectivity index (χ0n) is 11.2. The molecule has 20 heavy (non-hydrogen) atoms. The number of halogens is 1. The molecule has 5 heteroatoms. The van der Waals surface area contributed by atoms with Crippen LogP contribution in [0.25, 0.3) is 0 Å². The highest BCUT2D eigenvalue weighted by molar-refractivity contribution is 6.05. The van der Waals surface area contributed by atoms with E-state index in [4.69, 9.17) is 0 Å². The molecular formula is C15H16FN3O. The van der Waals surface area contributed by atoms with Crippen molar-refractivity contribution in [3.8, 4) is 0 Å². The van der Waals surface area contributed by atoms with E-state index in [1.54, 1.807) is 6.07 Å². The van der Waals surface area contributed by atoms with Gasteiger partial charge in [0.25, 0.3) is 5.91 Å². The van der Waals surface area contributed by atoms with Gasteiger partial charge in [0.2, 0.25) is 5.95 Å². The van der Waals surface area contributed by atoms with Crippen molar-refractivity contribution in [2.45, 2.75) is 6.42 Å². The predicted molar refractivity (Wildman–Crippen MR) is 76.2 cm³/mol. The average Bonchev–Trinajstić information content (AvgIpc) is 2.47. The van der Waals surface area contributed by atoms with Gasteiger partial charge in [-0.25, -0.2) is 4.98 Å². The van der Waals surface area contributed by atoms with Crippen LogP contribution in [-0.2, 0) is 6.42 Å². The first kappa shape index (κ1) is 14.1. The second-order valence-corrected chi connectivity index (χ2v) is 4.33. The van der Waals surface area contributed by atoms with Crippen molar-refractivity contribution in [2.24, 2.45) is 0 Å². The van der Waals surface area contributed by atoms with E-state index in [1.807, 2.05) is 25.2 Å². The number of likely N-dealkylation sites (N-methyl/N-ethyl adjacent to an activating group) is 1. The third-order valence-electron chi connectivity index (χ3n) is 2.89. The van der Waals surface area contributed by atoms with E-state index in [2.05, 4.69) is 15.6 Å². The summed E-state index contributed by atoms with van der Waals surface area (Å²) in [6, 6.07) is 10.1. The Morgan fingerprint density at radius 3 is 2.75 bits per heavy atom. The van der Waals surface area contributed by atoms with Gasteiger partial charge in [-0.05, 0) is 43.8 Å². The van der Waals surface area contributed by atoms with Gasteiger partial charge in [-0.2, -0.15) is 4.39 Å². The van der Waals surface area contributed by atoms with Gasteiger partial charge in [-0.3, -0.25) is 4.79 Å². The summed E-state index contributed by atoms with van der Waals surface area (Å²) >= 11 is 0. The van der Waals surface area contributed by atoms with E-state index >= 15 is 0 Å². The number of hydrogen-bond acceptors (Lipinski definition) is 3. The number of nitrogens with zero attached hydrogens (tertiary/aromatic N) is 1. The van der Waals surface area contributed by atoms with E-state index < -0.39 is 5.95 Å². The number of nitrogens with one attached hydrogen (secondary N) is 2. The number of aromatic nitrogens is 1. The number of carbonyl (C=O) groups is 1. The van der Waals surface area contributed by atoms with Crippen LogP contribution in [0.1, 0.15) is 15.9 Å². The van der Waals surface area contributed by atoms with E-state index in [1.165, 1.54) is 18.3 Å². The minimum atomic E-state index is -0.572. The Hall–Kier alpha value is -2.27. The predicted octanol–water partition coefficient (Wildman–Crippen LogP) is 2.23. The lowest BCUT2D eigenvalue weighted by Gasteiger charge is -2.09. The Balaban J connectivity index is 2.14. The Morgan fingerprint density at radius 2 is 2.05 bits per heavy atom. The van der Waals surface area contributed by atoms with Crippen molar-refractivity contribution in [2.75, 3.05) is 18.9 Å². The molecule has 0 saturated carbocycles. The normalized spacial score (nSPS) is 10.3. The fourth-order valence-corrected chi connectivity index (χ4v) is 1.87. The summed E-state index contributed by atoms with van der Waals surface area (Å²) in [7, 11) is 1.87. The quantitative estimate of drug-likeness (QED) is 0.821. The molecule has 0 atom stereocenters. The summed E-state index contributed by atoms with van der Waals surface area (Å²) in [6.45, 7) is 0.794. The van der Waals surface area contributed by atoms with Gasteiger partial charge in [0, 0.05) is 5.56 Å². The Bertz CT molecular complexity index is 584. The van der Waals surface area contributed by atoms with Crippen LogP contribution >= 0.6 is 0 Å². The second kappa shape index (κ2) is 6.77. The smallest absolute Gasteiger partial charge is 0.255 e. The molecule has 0 fully saturated rings. The van der Waals surface area contributed by atoms with Crippen molar-refractivity contribution in [3.05, 3.63) is 59.7 Å². The van der Waals surface area contributed by atoms with Crippen LogP contribution in [0.5, 0.6) is 0 Å². The molecule has 0 aliphatic rings. The monoisotopic (exact) mass is 273 g/mol. The summed E-state index contributed by atoms with van der Waals surface area (Å²) in [6.07, 6.45) is 2.06. The van der Waals surface area contributed by atoms with Gasteiger partial charge >= 0.3 is 0 Å². The molecule has 0 bridgehead atoms. The number of hydrogen-bond donors (Lipinski definition) is 2. The SMILES string of the molecule is CNCCc1ccccc1C(=O)Nc1ccc(F)nc1. The highest BCUT2D eigenvalue weighted by atomic mass is 19.1. The first-order valence-electron chi connectivity index (χ1n) is 6.36. The maximum absolute atomic E-state index is 12.7. The number of anilines is 1. The highest BCUT2D eigenvalue weighted by Crippen LogP contribution is 2.13. The van der Waals surface area contributed by atoms with E-state index in [-0.39, 0.29) is 5.91 Å². The van der Waals surface area contributed by atoms with Crippen molar-refractivity contribution in [1.82, 2.24) is 10.3 Å². The number of pyridine rings is 1. The molecule has 104 valence electrons. The second-order valence-electron chi connectivity index (χ2n) is 4.33. The molecule has 1 aromatic carbocycles. The zero-order valence-corrected chi connectivity index (χ0v) is 11.2. The van der Waals surface area contributed by atoms with E-state index in [0.29, 0.717) is 11.3 Å². The molecule has 0 spiro atoms. The fraction of sp³-hybridized carbons (Fsp3) is 0.200. The van der Waals surface area contributed by atoms with Gasteiger partial charge in [0.05, 0.1) is 11.9 Å². The average molecular weight is 273 g/mol. The van der Waals surface area contributed by atoms with Crippen LogP contribution in [0, 0.1) is 5.95 Å². The molecular weight excluding hydrogens is 257 g/mol. The van der Waals surface area contributed by atoms with Gasteiger partial charge in [0.1, 0.15) is 0 Å². The molecule has 2 aromatic rings. The fourth-order valence-electron chi connectivity index (χ4n) is 1.87. The summed E-state index contributed by atoms with van der Waals surface area (Å²) in [5, 5.41) is 5.77. The third-order valence-corrected chi connectivity index (χ3v) is 2.89. The van der Waals surface area contributed by atoms with Crippen LogP contribution in [0.2, 0.25) is 0 Å². The largest absolute Gasteiger partial charge is 0.321 e. The number of carbonyl (C=O) groups excluding carboxylic acids is 1. The van der Waals surface area contributed by atoms with Crippen molar-refractivity contribution in [3.63, 3.8) is 0 Å². The standard InChI is InChI=1S/C15H16FN3O/c1-17-9-8-11-4-2-3-5-13(11)15(20)19-12-6-7-14(16)18-10-12/h2-7,10,17H,8-9H2,1H3,(H,19,20). The lowest BCUT2D eigenvalue weighted by Crippen LogP contribution is -2.17. The van der Waals surface area contributed by atoms with Gasteiger partial charge in [0.15, 0.2) is 0 Å². The van der Waals surface area contributed by atoms with Gasteiger partial charge in [-0.1, -0.05) is 18.2 Å². The summed E-state index contributed by atoms with van der Waals surface area (Å²) in [5.74, 6) is -0.789. The molecule has 0 aliphatic heterocycles. The van der Waals surface area contributed by atoms with Crippen LogP contribution in [0.3, 0.4) is 0 Å². The van der Waals surface area contributed by atoms with Crippen LogP contribution in [0.4, 0.5) is 10.1 Å². The molecule has 2 rings (SSSR count). The molecule has 0 saturated heterocycles. The summed E-state index contributed by atoms with van der Waals surface area (Å²) in [4.78, 5) is 15.7. The molecule has 1 aromatic heterocycles. The minimum absolute atomic E-state index is 0.217. The summed E-state index contributed by atoms with van der Waals surface area (Å²) < 4.78 is 12.7. The minimum Gasteiger partial charge on any atom is -0.321 e. The number of amides is 1. The van der Waals surface area contributed by atoms with Crippen molar-refractivity contribution >= 4 is 11.6 Å². The molecule has 0 unspecified atom stereocenters. The summed E-state index contributed by atoms with van der Waals surface area (Å²) in [5.41, 5.74) is 2.06. The maximum Gasteiger partial charge on any atom is 0.255 e. The molecule has 2 N–H and O–H groups in total. The first-order valence-corrected chi connectivity index (χ1v) is 6.36. The first-order chi connectivity index (χ1) is 9.70.